The molecule has 3 heterocycles. The topological polar surface area (TPSA) is 141 Å². The number of fused-ring (bicyclic) bond motifs is 12. The van der Waals surface area contributed by atoms with Crippen LogP contribution in [-0.4, -0.2) is 141 Å². The molecule has 0 unspecified atom stereocenters. The molecular weight excluding hydrogens is 699 g/mol. The van der Waals surface area contributed by atoms with E-state index >= 15 is 0 Å². The summed E-state index contributed by atoms with van der Waals surface area (Å²) in [6.45, 7) is 6.13. The molecule has 3 aromatic carbocycles. The van der Waals surface area contributed by atoms with E-state index in [1.54, 1.807) is 73.7 Å². The number of hydrogen-bond acceptors (Lipinski definition) is 11. The molecular formula is C36H39Cl3N8O3. The van der Waals surface area contributed by atoms with Crippen molar-refractivity contribution in [2.24, 2.45) is 30.0 Å². The molecule has 3 aliphatic heterocycles. The van der Waals surface area contributed by atoms with Crippen LogP contribution in [0.25, 0.3) is 0 Å². The third-order valence-corrected chi connectivity index (χ3v) is 8.71. The Labute approximate surface area is 306 Å². The predicted molar refractivity (Wildman–Crippen MR) is 207 cm³/mol. The summed E-state index contributed by atoms with van der Waals surface area (Å²) in [7, 11) is 0. The van der Waals surface area contributed by atoms with Crippen LogP contribution in [-0.2, 0) is 0 Å². The van der Waals surface area contributed by atoms with Crippen LogP contribution in [0.1, 0.15) is 33.4 Å². The van der Waals surface area contributed by atoms with Crippen LogP contribution in [0.2, 0.25) is 15.1 Å². The van der Waals surface area contributed by atoms with Gasteiger partial charge in [0.1, 0.15) is 17.2 Å². The fourth-order valence-electron chi connectivity index (χ4n) is 5.36. The smallest absolute Gasteiger partial charge is 0.133 e. The SMILES string of the molecule is Oc1c2cc(Cl)cc1/C=N/CCN1CC/N=C/c3cc(Cl)cc(c3O)/C=N/CCN(CC/N=C/2)CC/N=C/c2cc(Cl)cc(c2O)/C=N/CC1. The van der Waals surface area contributed by atoms with Crippen molar-refractivity contribution in [1.29, 1.82) is 0 Å². The Balaban J connectivity index is 1.51. The minimum atomic E-state index is 0.0602. The molecule has 0 fully saturated rings. The fourth-order valence-corrected chi connectivity index (χ4v) is 6.07. The third-order valence-electron chi connectivity index (χ3n) is 8.06. The predicted octanol–water partition coefficient (Wildman–Crippen LogP) is 5.31. The van der Waals surface area contributed by atoms with Crippen LogP contribution in [0.5, 0.6) is 17.2 Å². The first-order valence-corrected chi connectivity index (χ1v) is 17.4. The summed E-state index contributed by atoms with van der Waals surface area (Å²) < 4.78 is 0. The highest BCUT2D eigenvalue weighted by Crippen LogP contribution is 2.27. The summed E-state index contributed by atoms with van der Waals surface area (Å²) >= 11 is 19.2. The van der Waals surface area contributed by atoms with E-state index in [1.165, 1.54) is 0 Å². The van der Waals surface area contributed by atoms with Crippen molar-refractivity contribution in [3.05, 3.63) is 84.8 Å². The standard InChI is InChI=1S/C36H39Cl3N8O3/c37-31-13-25-19-40-1-7-46-8-2-41-21-27-15-32(38)17-29(35(27)49)23-44-5-11-47(10-4-43-20-26(14-31)34(25)48)12-6-45-24-30-18-33(39)16-28(36(30)50)22-42-3-9-46/h13-24,48-50H,1-12H2/b40-19+,41-21+,42-22+,43-20+,44-23+,45-24+. The Kier molecular flexibility index (Phi) is 13.9. The Morgan fingerprint density at radius 3 is 0.720 bits per heavy atom. The quantitative estimate of drug-likeness (QED) is 0.287. The summed E-state index contributed by atoms with van der Waals surface area (Å²) in [6, 6.07) is 10.0. The van der Waals surface area contributed by atoms with Crippen molar-refractivity contribution in [2.75, 3.05) is 78.5 Å². The summed E-state index contributed by atoms with van der Waals surface area (Å²) in [5.41, 5.74) is 3.01. The molecule has 6 rings (SSSR count). The van der Waals surface area contributed by atoms with Crippen LogP contribution in [0.15, 0.2) is 66.4 Å². The average molecular weight is 738 g/mol. The molecule has 11 nitrogen and oxygen atoms in total. The molecule has 0 amide bonds. The number of phenolic OH excluding ortho intramolecular Hbond substituents is 3. The second-order valence-corrected chi connectivity index (χ2v) is 13.0. The zero-order chi connectivity index (χ0) is 35.3. The highest BCUT2D eigenvalue weighted by molar-refractivity contribution is 6.32. The summed E-state index contributed by atoms with van der Waals surface area (Å²) in [6.07, 6.45) is 9.70. The van der Waals surface area contributed by atoms with Crippen molar-refractivity contribution in [2.45, 2.75) is 0 Å². The molecule has 0 atom stereocenters. The molecule has 8 bridgehead atoms. The Bertz CT molecular complexity index is 1500. The molecule has 0 radical (unpaired) electrons. The third kappa shape index (κ3) is 10.9. The van der Waals surface area contributed by atoms with Gasteiger partial charge in [-0.25, -0.2) is 0 Å². The lowest BCUT2D eigenvalue weighted by Gasteiger charge is -2.19. The second-order valence-electron chi connectivity index (χ2n) is 11.7. The van der Waals surface area contributed by atoms with Gasteiger partial charge in [-0.2, -0.15) is 0 Å². The number of nitrogens with zero attached hydrogens (tertiary/aromatic N) is 8. The molecule has 3 aliphatic rings. The zero-order valence-electron chi connectivity index (χ0n) is 27.5. The molecule has 0 saturated heterocycles. The first-order valence-electron chi connectivity index (χ1n) is 16.3. The number of aliphatic imine (C=N–C) groups is 6. The molecule has 0 aromatic heterocycles. The van der Waals surface area contributed by atoms with Crippen LogP contribution < -0.4 is 0 Å². The molecule has 0 aliphatic carbocycles. The maximum Gasteiger partial charge on any atom is 0.133 e. The van der Waals surface area contributed by atoms with E-state index in [0.717, 1.165) is 0 Å². The highest BCUT2D eigenvalue weighted by Gasteiger charge is 2.11. The normalized spacial score (nSPS) is 23.3. The number of benzene rings is 3. The molecule has 3 aromatic rings. The van der Waals surface area contributed by atoms with E-state index < -0.39 is 0 Å². The number of halogens is 3. The van der Waals surface area contributed by atoms with Crippen molar-refractivity contribution >= 4 is 72.1 Å². The van der Waals surface area contributed by atoms with Gasteiger partial charge in [0.05, 0.1) is 39.3 Å². The van der Waals surface area contributed by atoms with Crippen LogP contribution in [0.3, 0.4) is 0 Å². The Hall–Kier alpha value is -4.13. The monoisotopic (exact) mass is 736 g/mol. The summed E-state index contributed by atoms with van der Waals surface area (Å²) in [5, 5.41) is 34.3. The van der Waals surface area contributed by atoms with Crippen molar-refractivity contribution in [3.63, 3.8) is 0 Å². The van der Waals surface area contributed by atoms with Crippen LogP contribution in [0, 0.1) is 0 Å². The number of aromatic hydroxyl groups is 3. The van der Waals surface area contributed by atoms with E-state index in [2.05, 4.69) is 39.8 Å². The zero-order valence-corrected chi connectivity index (χ0v) is 29.7. The van der Waals surface area contributed by atoms with Crippen LogP contribution >= 0.6 is 34.8 Å². The Morgan fingerprint density at radius 1 is 0.360 bits per heavy atom. The first kappa shape index (κ1) is 37.1. The van der Waals surface area contributed by atoms with Crippen molar-refractivity contribution in [3.8, 4) is 17.2 Å². The van der Waals surface area contributed by atoms with Gasteiger partial charge in [-0.05, 0) is 36.4 Å². The lowest BCUT2D eigenvalue weighted by molar-refractivity contribution is 0.298. The first-order chi connectivity index (χ1) is 24.3. The van der Waals surface area contributed by atoms with Gasteiger partial charge in [-0.3, -0.25) is 39.8 Å². The maximum atomic E-state index is 11.0. The maximum absolute atomic E-state index is 11.0. The fraction of sp³-hybridized carbons (Fsp3) is 0.333. The van der Waals surface area contributed by atoms with Crippen molar-refractivity contribution < 1.29 is 15.3 Å². The number of phenols is 3. The van der Waals surface area contributed by atoms with Gasteiger partial charge in [-0.1, -0.05) is 34.8 Å². The van der Waals surface area contributed by atoms with E-state index in [4.69, 9.17) is 34.8 Å². The van der Waals surface area contributed by atoms with E-state index in [9.17, 15) is 15.3 Å². The molecule has 0 saturated carbocycles. The van der Waals surface area contributed by atoms with Gasteiger partial charge in [0, 0.05) is 125 Å². The minimum absolute atomic E-state index is 0.0602. The second kappa shape index (κ2) is 18.7. The largest absolute Gasteiger partial charge is 0.507 e. The van der Waals surface area contributed by atoms with Gasteiger partial charge in [-0.15, -0.1) is 0 Å². The molecule has 14 heteroatoms. The number of hydrogen-bond donors (Lipinski definition) is 3. The van der Waals surface area contributed by atoms with Gasteiger partial charge in [0.25, 0.3) is 0 Å². The molecule has 262 valence electrons. The number of rotatable bonds is 0. The minimum Gasteiger partial charge on any atom is -0.507 e. The molecule has 50 heavy (non-hydrogen) atoms. The van der Waals surface area contributed by atoms with Gasteiger partial charge in [0.2, 0.25) is 0 Å². The lowest BCUT2D eigenvalue weighted by Crippen LogP contribution is -2.31. The average Bonchev–Trinajstić information content (AvgIpc) is 3.08. The van der Waals surface area contributed by atoms with E-state index in [-0.39, 0.29) is 17.2 Å². The van der Waals surface area contributed by atoms with Crippen molar-refractivity contribution in [1.82, 2.24) is 9.80 Å². The molecule has 3 N–H and O–H groups in total. The van der Waals surface area contributed by atoms with Crippen LogP contribution in [0.4, 0.5) is 0 Å². The molecule has 0 spiro atoms. The van der Waals surface area contributed by atoms with E-state index in [1.807, 2.05) is 0 Å². The van der Waals surface area contributed by atoms with Gasteiger partial charge < -0.3 is 15.3 Å². The Morgan fingerprint density at radius 2 is 0.540 bits per heavy atom. The summed E-state index contributed by atoms with van der Waals surface area (Å²) in [5.74, 6) is 0.181. The van der Waals surface area contributed by atoms with Gasteiger partial charge >= 0.3 is 0 Å². The summed E-state index contributed by atoms with van der Waals surface area (Å²) in [4.78, 5) is 31.8. The van der Waals surface area contributed by atoms with E-state index in [0.29, 0.717) is 127 Å². The van der Waals surface area contributed by atoms with Gasteiger partial charge in [0.15, 0.2) is 0 Å². The highest BCUT2D eigenvalue weighted by atomic mass is 35.5. The lowest BCUT2D eigenvalue weighted by atomic mass is 10.1.